The Morgan fingerprint density at radius 3 is 2.10 bits per heavy atom. The monoisotopic (exact) mass is 270 g/mol. The number of rotatable bonds is 4. The Bertz CT molecular complexity index is 608. The molecule has 0 aliphatic carbocycles. The van der Waals surface area contributed by atoms with E-state index < -0.39 is 0 Å². The summed E-state index contributed by atoms with van der Waals surface area (Å²) in [5.41, 5.74) is 8.76. The van der Waals surface area contributed by atoms with Crippen molar-refractivity contribution in [3.05, 3.63) is 64.2 Å². The van der Waals surface area contributed by atoms with Crippen LogP contribution in [-0.4, -0.2) is 7.11 Å². The molecule has 0 saturated heterocycles. The maximum Gasteiger partial charge on any atom is 0.124 e. The van der Waals surface area contributed by atoms with Crippen LogP contribution in [0.3, 0.4) is 0 Å². The lowest BCUT2D eigenvalue weighted by Crippen LogP contribution is -2.29. The van der Waals surface area contributed by atoms with Gasteiger partial charge in [-0.15, -0.1) is 0 Å². The van der Waals surface area contributed by atoms with Crippen molar-refractivity contribution in [1.82, 2.24) is 5.43 Å². The molecule has 3 nitrogen and oxygen atoms in total. The first kappa shape index (κ1) is 14.6. The third-order valence-corrected chi connectivity index (χ3v) is 3.60. The van der Waals surface area contributed by atoms with E-state index in [1.165, 1.54) is 22.3 Å². The fraction of sp³-hybridized carbons (Fsp3) is 0.294. The second kappa shape index (κ2) is 6.07. The van der Waals surface area contributed by atoms with Crippen molar-refractivity contribution in [1.29, 1.82) is 0 Å². The second-order valence-corrected chi connectivity index (χ2v) is 5.21. The molecule has 20 heavy (non-hydrogen) atoms. The van der Waals surface area contributed by atoms with E-state index in [2.05, 4.69) is 49.6 Å². The molecule has 0 spiro atoms. The largest absolute Gasteiger partial charge is 0.496 e. The summed E-state index contributed by atoms with van der Waals surface area (Å²) in [5, 5.41) is 0. The van der Waals surface area contributed by atoms with Crippen molar-refractivity contribution in [3.63, 3.8) is 0 Å². The van der Waals surface area contributed by atoms with Gasteiger partial charge in [0.25, 0.3) is 0 Å². The summed E-state index contributed by atoms with van der Waals surface area (Å²) in [7, 11) is 1.69. The molecule has 0 aromatic heterocycles. The number of nitrogens with one attached hydrogen (secondary N) is 1. The summed E-state index contributed by atoms with van der Waals surface area (Å²) in [4.78, 5) is 0. The summed E-state index contributed by atoms with van der Waals surface area (Å²) >= 11 is 0. The molecule has 0 fully saturated rings. The summed E-state index contributed by atoms with van der Waals surface area (Å²) in [6, 6.07) is 12.5. The Morgan fingerprint density at radius 1 is 0.950 bits per heavy atom. The zero-order valence-corrected chi connectivity index (χ0v) is 12.5. The smallest absolute Gasteiger partial charge is 0.124 e. The lowest BCUT2D eigenvalue weighted by molar-refractivity contribution is 0.404. The summed E-state index contributed by atoms with van der Waals surface area (Å²) in [6.07, 6.45) is 0. The quantitative estimate of drug-likeness (QED) is 0.662. The maximum absolute atomic E-state index is 5.80. The molecule has 2 aromatic rings. The minimum atomic E-state index is -0.0776. The number of methoxy groups -OCH3 is 1. The van der Waals surface area contributed by atoms with Gasteiger partial charge in [-0.1, -0.05) is 35.9 Å². The van der Waals surface area contributed by atoms with Crippen LogP contribution in [0.2, 0.25) is 0 Å². The van der Waals surface area contributed by atoms with Crippen molar-refractivity contribution in [2.45, 2.75) is 26.8 Å². The van der Waals surface area contributed by atoms with Gasteiger partial charge in [-0.25, -0.2) is 5.43 Å². The molecule has 0 amide bonds. The fourth-order valence-corrected chi connectivity index (χ4v) is 2.55. The number of aryl methyl sites for hydroxylation is 3. The molecule has 3 N–H and O–H groups in total. The van der Waals surface area contributed by atoms with Crippen LogP contribution in [0.5, 0.6) is 5.75 Å². The molecule has 0 radical (unpaired) electrons. The van der Waals surface area contributed by atoms with E-state index in [1.807, 2.05) is 13.0 Å². The Labute approximate surface area is 120 Å². The van der Waals surface area contributed by atoms with E-state index in [4.69, 9.17) is 10.6 Å². The Hall–Kier alpha value is -1.84. The van der Waals surface area contributed by atoms with Crippen molar-refractivity contribution in [3.8, 4) is 5.75 Å². The first-order valence-corrected chi connectivity index (χ1v) is 6.74. The first-order chi connectivity index (χ1) is 9.56. The molecule has 1 unspecified atom stereocenters. The topological polar surface area (TPSA) is 47.3 Å². The normalized spacial score (nSPS) is 12.2. The van der Waals surface area contributed by atoms with Crippen LogP contribution >= 0.6 is 0 Å². The molecule has 3 heteroatoms. The SMILES string of the molecule is COc1cc(C)ccc1C(NN)c1ccc(C)cc1C. The molecular formula is C17H22N2O. The molecule has 0 aliphatic rings. The van der Waals surface area contributed by atoms with Crippen LogP contribution in [0.25, 0.3) is 0 Å². The van der Waals surface area contributed by atoms with Gasteiger partial charge in [0.2, 0.25) is 0 Å². The molecule has 0 aliphatic heterocycles. The molecule has 2 aromatic carbocycles. The van der Waals surface area contributed by atoms with Gasteiger partial charge >= 0.3 is 0 Å². The Morgan fingerprint density at radius 2 is 1.55 bits per heavy atom. The first-order valence-electron chi connectivity index (χ1n) is 6.74. The average Bonchev–Trinajstić information content (AvgIpc) is 2.43. The van der Waals surface area contributed by atoms with E-state index in [9.17, 15) is 0 Å². The number of ether oxygens (including phenoxy) is 1. The van der Waals surface area contributed by atoms with Crippen molar-refractivity contribution >= 4 is 0 Å². The van der Waals surface area contributed by atoms with Crippen LogP contribution in [0, 0.1) is 20.8 Å². The number of hydrogen-bond acceptors (Lipinski definition) is 3. The minimum Gasteiger partial charge on any atom is -0.496 e. The highest BCUT2D eigenvalue weighted by atomic mass is 16.5. The highest BCUT2D eigenvalue weighted by Gasteiger charge is 2.18. The van der Waals surface area contributed by atoms with Gasteiger partial charge in [0, 0.05) is 5.56 Å². The van der Waals surface area contributed by atoms with Gasteiger partial charge in [0.15, 0.2) is 0 Å². The summed E-state index contributed by atoms with van der Waals surface area (Å²) < 4.78 is 5.50. The molecule has 2 rings (SSSR count). The Kier molecular flexibility index (Phi) is 4.42. The maximum atomic E-state index is 5.80. The molecule has 0 bridgehead atoms. The molecular weight excluding hydrogens is 248 g/mol. The molecule has 1 atom stereocenters. The predicted octanol–water partition coefficient (Wildman–Crippen LogP) is 3.17. The van der Waals surface area contributed by atoms with Gasteiger partial charge < -0.3 is 4.74 Å². The summed E-state index contributed by atoms with van der Waals surface area (Å²) in [6.45, 7) is 6.25. The number of nitrogens with two attached hydrogens (primary N) is 1. The number of hydrazine groups is 1. The van der Waals surface area contributed by atoms with Gasteiger partial charge in [-0.3, -0.25) is 5.84 Å². The van der Waals surface area contributed by atoms with E-state index in [0.717, 1.165) is 11.3 Å². The molecule has 106 valence electrons. The van der Waals surface area contributed by atoms with Crippen molar-refractivity contribution in [2.24, 2.45) is 5.84 Å². The third kappa shape index (κ3) is 2.84. The number of hydrogen-bond donors (Lipinski definition) is 2. The summed E-state index contributed by atoms with van der Waals surface area (Å²) in [5.74, 6) is 6.65. The van der Waals surface area contributed by atoms with Gasteiger partial charge in [-0.05, 0) is 43.5 Å². The van der Waals surface area contributed by atoms with Crippen LogP contribution in [0.15, 0.2) is 36.4 Å². The Balaban J connectivity index is 2.52. The van der Waals surface area contributed by atoms with E-state index in [-0.39, 0.29) is 6.04 Å². The van der Waals surface area contributed by atoms with Gasteiger partial charge in [-0.2, -0.15) is 0 Å². The second-order valence-electron chi connectivity index (χ2n) is 5.21. The number of benzene rings is 2. The lowest BCUT2D eigenvalue weighted by Gasteiger charge is -2.22. The van der Waals surface area contributed by atoms with Crippen LogP contribution < -0.4 is 16.0 Å². The highest BCUT2D eigenvalue weighted by Crippen LogP contribution is 2.32. The average molecular weight is 270 g/mol. The zero-order chi connectivity index (χ0) is 14.7. The minimum absolute atomic E-state index is 0.0776. The fourth-order valence-electron chi connectivity index (χ4n) is 2.55. The van der Waals surface area contributed by atoms with Crippen molar-refractivity contribution < 1.29 is 4.74 Å². The lowest BCUT2D eigenvalue weighted by atomic mass is 9.93. The van der Waals surface area contributed by atoms with Crippen LogP contribution in [-0.2, 0) is 0 Å². The van der Waals surface area contributed by atoms with Crippen LogP contribution in [0.4, 0.5) is 0 Å². The highest BCUT2D eigenvalue weighted by molar-refractivity contribution is 5.46. The van der Waals surface area contributed by atoms with E-state index in [1.54, 1.807) is 7.11 Å². The standard InChI is InChI=1S/C17H22N2O/c1-11-5-7-14(13(3)9-11)17(19-18)15-8-6-12(2)10-16(15)20-4/h5-10,17,19H,18H2,1-4H3. The third-order valence-electron chi connectivity index (χ3n) is 3.60. The van der Waals surface area contributed by atoms with E-state index >= 15 is 0 Å². The molecule has 0 heterocycles. The zero-order valence-electron chi connectivity index (χ0n) is 12.5. The predicted molar refractivity (Wildman–Crippen MR) is 82.8 cm³/mol. The van der Waals surface area contributed by atoms with Crippen molar-refractivity contribution in [2.75, 3.05) is 7.11 Å². The van der Waals surface area contributed by atoms with E-state index in [0.29, 0.717) is 0 Å². The van der Waals surface area contributed by atoms with Gasteiger partial charge in [0.1, 0.15) is 5.75 Å². The van der Waals surface area contributed by atoms with Crippen LogP contribution in [0.1, 0.15) is 33.9 Å². The molecule has 0 saturated carbocycles. The van der Waals surface area contributed by atoms with Gasteiger partial charge in [0.05, 0.1) is 13.2 Å².